The van der Waals surface area contributed by atoms with E-state index in [0.717, 1.165) is 48.8 Å². The minimum atomic E-state index is -0.171. The highest BCUT2D eigenvalue weighted by molar-refractivity contribution is 7.14. The van der Waals surface area contributed by atoms with Gasteiger partial charge in [-0.05, 0) is 57.0 Å². The number of anilines is 1. The molecule has 0 bridgehead atoms. The normalized spacial score (nSPS) is 16.1. The highest BCUT2D eigenvalue weighted by Gasteiger charge is 2.17. The molecule has 0 unspecified atom stereocenters. The second-order valence-electron chi connectivity index (χ2n) is 7.17. The summed E-state index contributed by atoms with van der Waals surface area (Å²) >= 11 is 1.47. The van der Waals surface area contributed by atoms with Crippen LogP contribution in [0.15, 0.2) is 23.6 Å². The maximum absolute atomic E-state index is 12.6. The molecule has 27 heavy (non-hydrogen) atoms. The number of nitrogens with one attached hydrogen (secondary N) is 1. The van der Waals surface area contributed by atoms with Crippen LogP contribution in [0.5, 0.6) is 0 Å². The molecule has 8 heteroatoms. The number of carbonyl (C=O) groups is 1. The summed E-state index contributed by atoms with van der Waals surface area (Å²) < 4.78 is 1.81. The van der Waals surface area contributed by atoms with Crippen molar-refractivity contribution >= 4 is 33.4 Å². The number of carbonyl (C=O) groups excluding carboxylic acids is 1. The largest absolute Gasteiger partial charge is 0.298 e. The Bertz CT molecular complexity index is 941. The Morgan fingerprint density at radius 1 is 1.33 bits per heavy atom. The molecular weight excluding hydrogens is 360 g/mol. The van der Waals surface area contributed by atoms with Crippen LogP contribution in [0, 0.1) is 5.92 Å². The Morgan fingerprint density at radius 2 is 2.15 bits per heavy atom. The Hall–Kier alpha value is -2.32. The summed E-state index contributed by atoms with van der Waals surface area (Å²) in [5.41, 5.74) is 3.24. The maximum atomic E-state index is 12.6. The van der Waals surface area contributed by atoms with E-state index in [2.05, 4.69) is 32.4 Å². The number of hydrogen-bond acceptors (Lipinski definition) is 6. The van der Waals surface area contributed by atoms with Crippen LogP contribution >= 0.6 is 11.3 Å². The van der Waals surface area contributed by atoms with Gasteiger partial charge in [0.15, 0.2) is 5.13 Å². The van der Waals surface area contributed by atoms with Crippen molar-refractivity contribution in [3.05, 3.63) is 34.8 Å². The summed E-state index contributed by atoms with van der Waals surface area (Å²) in [6, 6.07) is 5.46. The highest BCUT2D eigenvalue weighted by atomic mass is 32.1. The van der Waals surface area contributed by atoms with Gasteiger partial charge in [0.1, 0.15) is 5.52 Å². The third-order valence-electron chi connectivity index (χ3n) is 5.11. The minimum Gasteiger partial charge on any atom is -0.298 e. The van der Waals surface area contributed by atoms with Crippen LogP contribution in [0.4, 0.5) is 5.13 Å². The first kappa shape index (κ1) is 18.1. The zero-order valence-corrected chi connectivity index (χ0v) is 16.5. The molecule has 1 amide bonds. The molecule has 4 rings (SSSR count). The zero-order chi connectivity index (χ0) is 18.8. The van der Waals surface area contributed by atoms with Crippen LogP contribution in [0.1, 0.15) is 42.7 Å². The van der Waals surface area contributed by atoms with Crippen molar-refractivity contribution in [2.24, 2.45) is 5.92 Å². The summed E-state index contributed by atoms with van der Waals surface area (Å²) in [6.07, 6.45) is 2.50. The number of aryl methyl sites for hydroxylation is 1. The number of aromatic nitrogens is 4. The topological polar surface area (TPSA) is 75.9 Å². The number of nitrogens with zero attached hydrogens (tertiary/aromatic N) is 5. The van der Waals surface area contributed by atoms with E-state index in [1.54, 1.807) is 12.1 Å². The fraction of sp³-hybridized carbons (Fsp3) is 0.474. The molecule has 0 radical (unpaired) electrons. The predicted octanol–water partition coefficient (Wildman–Crippen LogP) is 3.39. The van der Waals surface area contributed by atoms with Crippen molar-refractivity contribution in [1.82, 2.24) is 24.9 Å². The van der Waals surface area contributed by atoms with Gasteiger partial charge in [0.25, 0.3) is 5.91 Å². The van der Waals surface area contributed by atoms with Crippen molar-refractivity contribution in [3.8, 4) is 0 Å². The van der Waals surface area contributed by atoms with Crippen molar-refractivity contribution < 1.29 is 4.79 Å². The lowest BCUT2D eigenvalue weighted by molar-refractivity contribution is 0.102. The van der Waals surface area contributed by atoms with E-state index < -0.39 is 0 Å². The van der Waals surface area contributed by atoms with E-state index in [1.165, 1.54) is 24.2 Å². The lowest BCUT2D eigenvalue weighted by Crippen LogP contribution is -2.32. The molecule has 7 nitrogen and oxygen atoms in total. The van der Waals surface area contributed by atoms with Crippen molar-refractivity contribution in [2.45, 2.75) is 39.8 Å². The molecular formula is C19H24N6OS. The number of hydrogen-bond donors (Lipinski definition) is 1. The van der Waals surface area contributed by atoms with Gasteiger partial charge in [-0.1, -0.05) is 12.1 Å². The first-order valence-electron chi connectivity index (χ1n) is 9.43. The average Bonchev–Trinajstić information content (AvgIpc) is 3.29. The quantitative estimate of drug-likeness (QED) is 0.730. The van der Waals surface area contributed by atoms with Gasteiger partial charge < -0.3 is 0 Å². The van der Waals surface area contributed by atoms with Gasteiger partial charge in [-0.2, -0.15) is 0 Å². The third-order valence-corrected chi connectivity index (χ3v) is 5.92. The summed E-state index contributed by atoms with van der Waals surface area (Å²) in [4.78, 5) is 19.6. The number of piperidine rings is 1. The molecule has 142 valence electrons. The van der Waals surface area contributed by atoms with E-state index in [-0.39, 0.29) is 5.91 Å². The number of fused-ring (bicyclic) bond motifs is 1. The van der Waals surface area contributed by atoms with Crippen LogP contribution in [0.2, 0.25) is 0 Å². The van der Waals surface area contributed by atoms with Gasteiger partial charge in [0.05, 0.1) is 11.2 Å². The molecule has 0 atom stereocenters. The van der Waals surface area contributed by atoms with E-state index in [9.17, 15) is 4.79 Å². The van der Waals surface area contributed by atoms with E-state index in [1.807, 2.05) is 23.1 Å². The van der Waals surface area contributed by atoms with Gasteiger partial charge >= 0.3 is 0 Å². The van der Waals surface area contributed by atoms with Crippen LogP contribution in [0.3, 0.4) is 0 Å². The number of thiazole rings is 1. The van der Waals surface area contributed by atoms with Crippen LogP contribution < -0.4 is 5.32 Å². The van der Waals surface area contributed by atoms with Gasteiger partial charge in [0.2, 0.25) is 0 Å². The number of amides is 1. The molecule has 2 aromatic heterocycles. The summed E-state index contributed by atoms with van der Waals surface area (Å²) in [7, 11) is 0. The van der Waals surface area contributed by atoms with E-state index in [4.69, 9.17) is 0 Å². The Labute approximate surface area is 162 Å². The first-order valence-corrected chi connectivity index (χ1v) is 10.3. The second-order valence-corrected chi connectivity index (χ2v) is 8.02. The first-order chi connectivity index (χ1) is 13.1. The number of rotatable bonds is 5. The van der Waals surface area contributed by atoms with Gasteiger partial charge in [-0.25, -0.2) is 9.67 Å². The lowest BCUT2D eigenvalue weighted by atomic mass is 9.99. The molecule has 0 saturated carbocycles. The Morgan fingerprint density at radius 3 is 2.93 bits per heavy atom. The third kappa shape index (κ3) is 4.01. The highest BCUT2D eigenvalue weighted by Crippen LogP contribution is 2.22. The van der Waals surface area contributed by atoms with E-state index in [0.29, 0.717) is 10.7 Å². The number of likely N-dealkylation sites (tertiary alicyclic amines) is 1. The van der Waals surface area contributed by atoms with Gasteiger partial charge in [-0.15, -0.1) is 16.4 Å². The van der Waals surface area contributed by atoms with Crippen molar-refractivity contribution in [1.29, 1.82) is 0 Å². The molecule has 0 aliphatic carbocycles. The minimum absolute atomic E-state index is 0.171. The summed E-state index contributed by atoms with van der Waals surface area (Å²) in [5, 5.41) is 13.8. The summed E-state index contributed by atoms with van der Waals surface area (Å²) in [5.74, 6) is 0.651. The molecule has 1 aromatic carbocycles. The smallest absolute Gasteiger partial charge is 0.257 e. The molecule has 1 aliphatic rings. The zero-order valence-electron chi connectivity index (χ0n) is 15.7. The lowest BCUT2D eigenvalue weighted by Gasteiger charge is -2.29. The maximum Gasteiger partial charge on any atom is 0.257 e. The Kier molecular flexibility index (Phi) is 5.18. The van der Waals surface area contributed by atoms with Crippen LogP contribution in [-0.2, 0) is 13.1 Å². The van der Waals surface area contributed by atoms with E-state index >= 15 is 0 Å². The van der Waals surface area contributed by atoms with Crippen molar-refractivity contribution in [2.75, 3.05) is 18.4 Å². The molecule has 1 N–H and O–H groups in total. The fourth-order valence-electron chi connectivity index (χ4n) is 3.40. The fourth-order valence-corrected chi connectivity index (χ4v) is 4.10. The molecule has 3 aromatic rings. The molecule has 0 spiro atoms. The average molecular weight is 385 g/mol. The predicted molar refractivity (Wildman–Crippen MR) is 107 cm³/mol. The second kappa shape index (κ2) is 7.74. The monoisotopic (exact) mass is 384 g/mol. The summed E-state index contributed by atoms with van der Waals surface area (Å²) in [6.45, 7) is 8.18. The Balaban J connectivity index is 1.40. The standard InChI is InChI=1S/C19H24N6OS/c1-3-25-17-5-4-14(10-16(17)22-23-25)18(26)21-19-20-15(12-27-19)11-24-8-6-13(2)7-9-24/h4-5,10,12-13H,3,6-9,11H2,1-2H3,(H,20,21,26). The molecule has 1 fully saturated rings. The van der Waals surface area contributed by atoms with Gasteiger partial charge in [0, 0.05) is 24.0 Å². The van der Waals surface area contributed by atoms with Crippen molar-refractivity contribution in [3.63, 3.8) is 0 Å². The SMILES string of the molecule is CCn1nnc2cc(C(=O)Nc3nc(CN4CCC(C)CC4)cs3)ccc21. The molecule has 3 heterocycles. The number of benzene rings is 1. The van der Waals surface area contributed by atoms with Crippen LogP contribution in [-0.4, -0.2) is 43.9 Å². The van der Waals surface area contributed by atoms with Crippen LogP contribution in [0.25, 0.3) is 11.0 Å². The molecule has 1 saturated heterocycles. The van der Waals surface area contributed by atoms with Gasteiger partial charge in [-0.3, -0.25) is 15.0 Å². The molecule has 1 aliphatic heterocycles.